The Kier molecular flexibility index (Phi) is 6.38. The lowest BCUT2D eigenvalue weighted by molar-refractivity contribution is 0.0438. The summed E-state index contributed by atoms with van der Waals surface area (Å²) in [7, 11) is -3.93. The third-order valence-corrected chi connectivity index (χ3v) is 8.02. The number of aromatic nitrogens is 2. The van der Waals surface area contributed by atoms with Crippen molar-refractivity contribution in [3.05, 3.63) is 100 Å². The minimum atomic E-state index is -3.93. The summed E-state index contributed by atoms with van der Waals surface area (Å²) in [5.41, 5.74) is 2.86. The summed E-state index contributed by atoms with van der Waals surface area (Å²) < 4.78 is 38.9. The van der Waals surface area contributed by atoms with Crippen molar-refractivity contribution < 1.29 is 22.4 Å². The number of halogens is 1. The molecule has 0 fully saturated rings. The third kappa shape index (κ3) is 4.84. The van der Waals surface area contributed by atoms with Crippen molar-refractivity contribution in [3.8, 4) is 11.5 Å². The fourth-order valence-corrected chi connectivity index (χ4v) is 5.78. The molecular weight excluding hydrogens is 490 g/mol. The summed E-state index contributed by atoms with van der Waals surface area (Å²) >= 11 is 6.25. The summed E-state index contributed by atoms with van der Waals surface area (Å²) in [5.74, 6) is -0.313. The SMILES string of the molecule is O=C(OCc1nnc(-c2ccccc2)o1)c1ccc(Cl)c(S(=O)(=O)N2CCc3ccccc3C2)c1. The highest BCUT2D eigenvalue weighted by atomic mass is 35.5. The fraction of sp³-hybridized carbons (Fsp3) is 0.160. The Morgan fingerprint density at radius 1 is 1.00 bits per heavy atom. The maximum atomic E-state index is 13.4. The van der Waals surface area contributed by atoms with Gasteiger partial charge < -0.3 is 9.15 Å². The van der Waals surface area contributed by atoms with Crippen LogP contribution in [0.1, 0.15) is 27.4 Å². The molecule has 0 spiro atoms. The van der Waals surface area contributed by atoms with E-state index in [1.54, 1.807) is 0 Å². The molecule has 1 aliphatic heterocycles. The average molecular weight is 510 g/mol. The lowest BCUT2D eigenvalue weighted by atomic mass is 10.0. The van der Waals surface area contributed by atoms with E-state index in [-0.39, 0.29) is 34.5 Å². The maximum Gasteiger partial charge on any atom is 0.338 e. The Morgan fingerprint density at radius 2 is 1.74 bits per heavy atom. The van der Waals surface area contributed by atoms with Gasteiger partial charge in [0.25, 0.3) is 5.89 Å². The van der Waals surface area contributed by atoms with Crippen molar-refractivity contribution in [1.82, 2.24) is 14.5 Å². The molecule has 1 aromatic heterocycles. The second-order valence-corrected chi connectivity index (χ2v) is 10.3. The van der Waals surface area contributed by atoms with Gasteiger partial charge >= 0.3 is 5.97 Å². The number of carbonyl (C=O) groups excluding carboxylic acids is 1. The lowest BCUT2D eigenvalue weighted by Gasteiger charge is -2.28. The second-order valence-electron chi connectivity index (χ2n) is 7.95. The van der Waals surface area contributed by atoms with Crippen LogP contribution in [0.25, 0.3) is 11.5 Å². The molecule has 0 unspecified atom stereocenters. The molecule has 35 heavy (non-hydrogen) atoms. The first-order chi connectivity index (χ1) is 16.9. The molecule has 0 saturated carbocycles. The predicted octanol–water partition coefficient (Wildman–Crippen LogP) is 4.49. The van der Waals surface area contributed by atoms with Crippen molar-refractivity contribution in [3.63, 3.8) is 0 Å². The molecule has 3 aromatic carbocycles. The summed E-state index contributed by atoms with van der Waals surface area (Å²) in [4.78, 5) is 12.5. The smallest absolute Gasteiger partial charge is 0.338 e. The Balaban J connectivity index is 1.31. The number of hydrogen-bond donors (Lipinski definition) is 0. The highest BCUT2D eigenvalue weighted by molar-refractivity contribution is 7.89. The molecule has 0 aliphatic carbocycles. The quantitative estimate of drug-likeness (QED) is 0.353. The van der Waals surface area contributed by atoms with Gasteiger partial charge in [0.05, 0.1) is 10.6 Å². The fourth-order valence-electron chi connectivity index (χ4n) is 3.86. The molecule has 0 saturated heterocycles. The number of esters is 1. The molecule has 4 aromatic rings. The van der Waals surface area contributed by atoms with Gasteiger partial charge in [-0.05, 0) is 47.9 Å². The summed E-state index contributed by atoms with van der Waals surface area (Å²) in [6, 6.07) is 20.9. The average Bonchev–Trinajstić information content (AvgIpc) is 3.37. The molecule has 178 valence electrons. The van der Waals surface area contributed by atoms with E-state index in [1.807, 2.05) is 54.6 Å². The number of carbonyl (C=O) groups is 1. The number of hydrogen-bond acceptors (Lipinski definition) is 7. The number of ether oxygens (including phenoxy) is 1. The number of rotatable bonds is 6. The van der Waals surface area contributed by atoms with E-state index in [2.05, 4.69) is 10.2 Å². The number of benzene rings is 3. The van der Waals surface area contributed by atoms with Gasteiger partial charge in [-0.1, -0.05) is 54.1 Å². The standard InChI is InChI=1S/C25H20ClN3O5S/c26-21-11-10-19(25(30)33-16-23-27-28-24(34-23)18-7-2-1-3-8-18)14-22(21)35(31,32)29-13-12-17-6-4-5-9-20(17)15-29/h1-11,14H,12-13,15-16H2. The van der Waals surface area contributed by atoms with Crippen molar-refractivity contribution in [2.45, 2.75) is 24.5 Å². The largest absolute Gasteiger partial charge is 0.452 e. The minimum Gasteiger partial charge on any atom is -0.452 e. The lowest BCUT2D eigenvalue weighted by Crippen LogP contribution is -2.36. The van der Waals surface area contributed by atoms with Crippen molar-refractivity contribution in [2.24, 2.45) is 0 Å². The van der Waals surface area contributed by atoms with Crippen molar-refractivity contribution in [2.75, 3.05) is 6.54 Å². The van der Waals surface area contributed by atoms with E-state index >= 15 is 0 Å². The summed E-state index contributed by atoms with van der Waals surface area (Å²) in [6.45, 7) is 0.308. The van der Waals surface area contributed by atoms with E-state index in [4.69, 9.17) is 20.8 Å². The van der Waals surface area contributed by atoms with Crippen LogP contribution < -0.4 is 0 Å². The van der Waals surface area contributed by atoms with Gasteiger partial charge in [0, 0.05) is 18.7 Å². The van der Waals surface area contributed by atoms with Crippen molar-refractivity contribution in [1.29, 1.82) is 0 Å². The predicted molar refractivity (Wildman–Crippen MR) is 128 cm³/mol. The zero-order valence-corrected chi connectivity index (χ0v) is 20.0. The number of fused-ring (bicyclic) bond motifs is 1. The van der Waals surface area contributed by atoms with Crippen LogP contribution in [0.2, 0.25) is 5.02 Å². The molecule has 0 amide bonds. The van der Waals surface area contributed by atoms with Crippen LogP contribution in [-0.2, 0) is 34.3 Å². The molecule has 10 heteroatoms. The van der Waals surface area contributed by atoms with Gasteiger partial charge in [0.15, 0.2) is 6.61 Å². The normalized spacial score (nSPS) is 13.9. The molecule has 8 nitrogen and oxygen atoms in total. The highest BCUT2D eigenvalue weighted by Crippen LogP contribution is 2.30. The number of nitrogens with zero attached hydrogens (tertiary/aromatic N) is 3. The first kappa shape index (κ1) is 23.2. The van der Waals surface area contributed by atoms with Gasteiger partial charge in [-0.3, -0.25) is 0 Å². The van der Waals surface area contributed by atoms with Gasteiger partial charge in [-0.25, -0.2) is 13.2 Å². The number of sulfonamides is 1. The molecule has 1 aliphatic rings. The van der Waals surface area contributed by atoms with Crippen LogP contribution in [0.5, 0.6) is 0 Å². The van der Waals surface area contributed by atoms with E-state index in [1.165, 1.54) is 22.5 Å². The Labute approximate surface area is 207 Å². The topological polar surface area (TPSA) is 103 Å². The van der Waals surface area contributed by atoms with E-state index in [0.29, 0.717) is 18.9 Å². The van der Waals surface area contributed by atoms with Gasteiger partial charge in [-0.15, -0.1) is 10.2 Å². The molecule has 0 N–H and O–H groups in total. The molecule has 2 heterocycles. The molecule has 0 atom stereocenters. The van der Waals surface area contributed by atoms with Crippen LogP contribution in [0.15, 0.2) is 82.1 Å². The highest BCUT2D eigenvalue weighted by Gasteiger charge is 2.30. The summed E-state index contributed by atoms with van der Waals surface area (Å²) in [5, 5.41) is 7.88. The van der Waals surface area contributed by atoms with Crippen molar-refractivity contribution >= 4 is 27.6 Å². The first-order valence-electron chi connectivity index (χ1n) is 10.8. The van der Waals surface area contributed by atoms with Gasteiger partial charge in [0.2, 0.25) is 15.9 Å². The van der Waals surface area contributed by atoms with Crippen LogP contribution in [0.4, 0.5) is 0 Å². The maximum absolute atomic E-state index is 13.4. The molecule has 5 rings (SSSR count). The zero-order chi connectivity index (χ0) is 24.4. The monoisotopic (exact) mass is 509 g/mol. The van der Waals surface area contributed by atoms with Crippen LogP contribution >= 0.6 is 11.6 Å². The van der Waals surface area contributed by atoms with Gasteiger partial charge in [0.1, 0.15) is 4.90 Å². The summed E-state index contributed by atoms with van der Waals surface area (Å²) in [6.07, 6.45) is 0.601. The third-order valence-electron chi connectivity index (χ3n) is 5.69. The van der Waals surface area contributed by atoms with E-state index in [0.717, 1.165) is 16.7 Å². The van der Waals surface area contributed by atoms with E-state index < -0.39 is 16.0 Å². The Bertz CT molecular complexity index is 1490. The van der Waals surface area contributed by atoms with Crippen LogP contribution in [-0.4, -0.2) is 35.4 Å². The van der Waals surface area contributed by atoms with Crippen LogP contribution in [0.3, 0.4) is 0 Å². The zero-order valence-electron chi connectivity index (χ0n) is 18.4. The second kappa shape index (κ2) is 9.61. The van der Waals surface area contributed by atoms with Gasteiger partial charge in [-0.2, -0.15) is 4.31 Å². The van der Waals surface area contributed by atoms with Crippen LogP contribution in [0, 0.1) is 0 Å². The Hall–Kier alpha value is -3.53. The Morgan fingerprint density at radius 3 is 2.54 bits per heavy atom. The first-order valence-corrected chi connectivity index (χ1v) is 12.6. The molecule has 0 radical (unpaired) electrons. The van der Waals surface area contributed by atoms with E-state index in [9.17, 15) is 13.2 Å². The molecular formula is C25H20ClN3O5S. The molecule has 0 bridgehead atoms. The minimum absolute atomic E-state index is 0.0322.